The van der Waals surface area contributed by atoms with E-state index in [0.29, 0.717) is 25.3 Å². The molecule has 2 aromatic carbocycles. The number of carbonyl (C=O) groups excluding carboxylic acids is 1. The number of carbonyl (C=O) groups is 1. The smallest absolute Gasteiger partial charge is 0.405 e. The van der Waals surface area contributed by atoms with E-state index in [1.807, 2.05) is 24.3 Å². The molecule has 1 N–H and O–H groups in total. The van der Waals surface area contributed by atoms with Gasteiger partial charge in [-0.25, -0.2) is 4.98 Å². The third kappa shape index (κ3) is 4.39. The van der Waals surface area contributed by atoms with E-state index in [0.717, 1.165) is 17.1 Å². The quantitative estimate of drug-likeness (QED) is 0.718. The maximum Gasteiger partial charge on any atom is 0.573 e. The summed E-state index contributed by atoms with van der Waals surface area (Å²) in [5, 5.41) is 3.24. The molecule has 0 spiro atoms. The number of hydrogen-bond acceptors (Lipinski definition) is 5. The zero-order valence-corrected chi connectivity index (χ0v) is 15.2. The largest absolute Gasteiger partial charge is 0.573 e. The summed E-state index contributed by atoms with van der Waals surface area (Å²) >= 11 is 0. The first-order valence-electron chi connectivity index (χ1n) is 9.01. The predicted octanol–water partition coefficient (Wildman–Crippen LogP) is 3.86. The second-order valence-electron chi connectivity index (χ2n) is 6.67. The van der Waals surface area contributed by atoms with Gasteiger partial charge in [0.15, 0.2) is 0 Å². The summed E-state index contributed by atoms with van der Waals surface area (Å²) in [6.07, 6.45) is -2.60. The van der Waals surface area contributed by atoms with E-state index >= 15 is 0 Å². The molecule has 0 saturated carbocycles. The molecule has 1 aliphatic heterocycles. The van der Waals surface area contributed by atoms with Gasteiger partial charge in [0.1, 0.15) is 11.6 Å². The number of nitrogens with one attached hydrogen (secondary N) is 1. The highest BCUT2D eigenvalue weighted by atomic mass is 19.4. The molecule has 1 amide bonds. The Bertz CT molecular complexity index is 1040. The Labute approximate surface area is 164 Å². The van der Waals surface area contributed by atoms with Crippen molar-refractivity contribution in [2.24, 2.45) is 0 Å². The van der Waals surface area contributed by atoms with Gasteiger partial charge in [-0.3, -0.25) is 9.78 Å². The lowest BCUT2D eigenvalue weighted by Crippen LogP contribution is -2.32. The minimum Gasteiger partial charge on any atom is -0.405 e. The molecule has 1 aromatic heterocycles. The molecule has 3 aromatic rings. The number of amides is 1. The molecule has 0 unspecified atom stereocenters. The highest BCUT2D eigenvalue weighted by Crippen LogP contribution is 2.28. The first-order chi connectivity index (χ1) is 13.9. The van der Waals surface area contributed by atoms with Crippen LogP contribution in [-0.4, -0.2) is 46.3 Å². The molecule has 0 aliphatic carbocycles. The maximum atomic E-state index is 12.7. The summed E-state index contributed by atoms with van der Waals surface area (Å²) in [7, 11) is 0. The number of likely N-dealkylation sites (tertiary alicyclic amines) is 1. The number of hydrogen-bond donors (Lipinski definition) is 1. The van der Waals surface area contributed by atoms with Crippen LogP contribution in [0.15, 0.2) is 54.7 Å². The standard InChI is InChI=1S/C20H17F3N4O2/c21-20(22,23)29-17-8-4-1-5-14(17)19(28)27-10-9-13(12-27)25-18-11-24-15-6-2-3-7-16(15)26-18/h1-8,11,13H,9-10,12H2,(H,25,26)/t13-/m1/s1. The number of benzene rings is 2. The van der Waals surface area contributed by atoms with Gasteiger partial charge in [-0.15, -0.1) is 13.2 Å². The van der Waals surface area contributed by atoms with Crippen LogP contribution in [-0.2, 0) is 0 Å². The monoisotopic (exact) mass is 402 g/mol. The molecule has 29 heavy (non-hydrogen) atoms. The molecule has 9 heteroatoms. The number of aromatic nitrogens is 2. The first kappa shape index (κ1) is 19.0. The van der Waals surface area contributed by atoms with E-state index in [4.69, 9.17) is 0 Å². The van der Waals surface area contributed by atoms with Gasteiger partial charge in [0, 0.05) is 19.1 Å². The number of halogens is 3. The molecule has 150 valence electrons. The van der Waals surface area contributed by atoms with Gasteiger partial charge in [0.05, 0.1) is 22.8 Å². The second kappa shape index (κ2) is 7.57. The molecular weight excluding hydrogens is 385 g/mol. The number of fused-ring (bicyclic) bond motifs is 1. The van der Waals surface area contributed by atoms with Crippen molar-refractivity contribution in [3.63, 3.8) is 0 Å². The Morgan fingerprint density at radius 1 is 1.10 bits per heavy atom. The van der Waals surface area contributed by atoms with Gasteiger partial charge >= 0.3 is 6.36 Å². The maximum absolute atomic E-state index is 12.7. The van der Waals surface area contributed by atoms with Crippen LogP contribution in [0, 0.1) is 0 Å². The highest BCUT2D eigenvalue weighted by Gasteiger charge is 2.34. The number of nitrogens with zero attached hydrogens (tertiary/aromatic N) is 3. The van der Waals surface area contributed by atoms with Crippen molar-refractivity contribution in [3.05, 3.63) is 60.3 Å². The number of rotatable bonds is 4. The van der Waals surface area contributed by atoms with E-state index in [1.165, 1.54) is 23.1 Å². The summed E-state index contributed by atoms with van der Waals surface area (Å²) < 4.78 is 41.8. The van der Waals surface area contributed by atoms with Crippen molar-refractivity contribution < 1.29 is 22.7 Å². The van der Waals surface area contributed by atoms with Crippen LogP contribution in [0.25, 0.3) is 11.0 Å². The second-order valence-corrected chi connectivity index (χ2v) is 6.67. The molecule has 6 nitrogen and oxygen atoms in total. The Hall–Kier alpha value is -3.36. The number of ether oxygens (including phenoxy) is 1. The molecule has 1 aliphatic rings. The zero-order chi connectivity index (χ0) is 20.4. The van der Waals surface area contributed by atoms with Gasteiger partial charge in [0.2, 0.25) is 0 Å². The normalized spacial score (nSPS) is 16.8. The fourth-order valence-electron chi connectivity index (χ4n) is 3.33. The van der Waals surface area contributed by atoms with Gasteiger partial charge in [-0.05, 0) is 30.7 Å². The van der Waals surface area contributed by atoms with Crippen molar-refractivity contribution in [1.82, 2.24) is 14.9 Å². The van der Waals surface area contributed by atoms with E-state index in [1.54, 1.807) is 6.20 Å². The molecule has 4 rings (SSSR count). The highest BCUT2D eigenvalue weighted by molar-refractivity contribution is 5.97. The lowest BCUT2D eigenvalue weighted by molar-refractivity contribution is -0.274. The van der Waals surface area contributed by atoms with Gasteiger partial charge in [-0.2, -0.15) is 0 Å². The minimum atomic E-state index is -4.86. The van der Waals surface area contributed by atoms with Crippen LogP contribution < -0.4 is 10.1 Å². The van der Waals surface area contributed by atoms with E-state index in [2.05, 4.69) is 20.0 Å². The predicted molar refractivity (Wildman–Crippen MR) is 101 cm³/mol. The average molecular weight is 402 g/mol. The molecule has 1 atom stereocenters. The van der Waals surface area contributed by atoms with Crippen molar-refractivity contribution in [2.45, 2.75) is 18.8 Å². The topological polar surface area (TPSA) is 67.3 Å². The van der Waals surface area contributed by atoms with Crippen molar-refractivity contribution in [1.29, 1.82) is 0 Å². The molecule has 0 radical (unpaired) electrons. The van der Waals surface area contributed by atoms with Crippen LogP contribution >= 0.6 is 0 Å². The summed E-state index contributed by atoms with van der Waals surface area (Å²) in [6, 6.07) is 12.8. The van der Waals surface area contributed by atoms with Crippen molar-refractivity contribution in [2.75, 3.05) is 18.4 Å². The lowest BCUT2D eigenvalue weighted by Gasteiger charge is -2.19. The van der Waals surface area contributed by atoms with Crippen molar-refractivity contribution in [3.8, 4) is 5.75 Å². The fraction of sp³-hybridized carbons (Fsp3) is 0.250. The lowest BCUT2D eigenvalue weighted by atomic mass is 10.2. The molecule has 1 saturated heterocycles. The Morgan fingerprint density at radius 3 is 2.62 bits per heavy atom. The summed E-state index contributed by atoms with van der Waals surface area (Å²) in [5.41, 5.74) is 1.42. The fourth-order valence-corrected chi connectivity index (χ4v) is 3.33. The summed E-state index contributed by atoms with van der Waals surface area (Å²) in [4.78, 5) is 23.1. The van der Waals surface area contributed by atoms with Crippen LogP contribution in [0.2, 0.25) is 0 Å². The van der Waals surface area contributed by atoms with Crippen LogP contribution in [0.4, 0.5) is 19.0 Å². The summed E-state index contributed by atoms with van der Waals surface area (Å²) in [5.74, 6) is -0.413. The average Bonchev–Trinajstić information content (AvgIpc) is 3.15. The molecule has 0 bridgehead atoms. The molecule has 1 fully saturated rings. The first-order valence-corrected chi connectivity index (χ1v) is 9.01. The third-order valence-corrected chi connectivity index (χ3v) is 4.62. The van der Waals surface area contributed by atoms with E-state index in [9.17, 15) is 18.0 Å². The van der Waals surface area contributed by atoms with Gasteiger partial charge in [-0.1, -0.05) is 24.3 Å². The van der Waals surface area contributed by atoms with Crippen LogP contribution in [0.5, 0.6) is 5.75 Å². The van der Waals surface area contributed by atoms with Gasteiger partial charge in [0.25, 0.3) is 5.91 Å². The SMILES string of the molecule is O=C(c1ccccc1OC(F)(F)F)N1CC[C@@H](Nc2cnc3ccccc3n2)C1. The minimum absolute atomic E-state index is 0.0786. The van der Waals surface area contributed by atoms with Gasteiger partial charge < -0.3 is 15.0 Å². The van der Waals surface area contributed by atoms with E-state index in [-0.39, 0.29) is 11.6 Å². The Balaban J connectivity index is 1.45. The Kier molecular flexibility index (Phi) is 4.96. The van der Waals surface area contributed by atoms with Crippen molar-refractivity contribution >= 4 is 22.8 Å². The molecule has 2 heterocycles. The summed E-state index contributed by atoms with van der Waals surface area (Å²) in [6.45, 7) is 0.756. The molecular formula is C20H17F3N4O2. The van der Waals surface area contributed by atoms with Crippen LogP contribution in [0.3, 0.4) is 0 Å². The number of alkyl halides is 3. The zero-order valence-electron chi connectivity index (χ0n) is 15.2. The third-order valence-electron chi connectivity index (χ3n) is 4.62. The van der Waals surface area contributed by atoms with Crippen LogP contribution in [0.1, 0.15) is 16.8 Å². The number of anilines is 1. The Morgan fingerprint density at radius 2 is 1.83 bits per heavy atom. The van der Waals surface area contributed by atoms with E-state index < -0.39 is 18.0 Å². The number of para-hydroxylation sites is 3.